The Morgan fingerprint density at radius 2 is 2.03 bits per heavy atom. The lowest BCUT2D eigenvalue weighted by Gasteiger charge is -2.36. The van der Waals surface area contributed by atoms with Gasteiger partial charge in [-0.05, 0) is 60.6 Å². The van der Waals surface area contributed by atoms with Crippen LogP contribution in [0.4, 0.5) is 0 Å². The van der Waals surface area contributed by atoms with Crippen molar-refractivity contribution in [1.82, 2.24) is 4.98 Å². The maximum absolute atomic E-state index is 12.3. The SMILES string of the molecule is CCOC(=O)c1ccc(C#Cc2ccc3c(c2)C(C)(C)CC(C(=O)COC)S3)nc1. The average Bonchev–Trinajstić information content (AvgIpc) is 2.72. The number of thioether (sulfide) groups is 1. The molecule has 1 aromatic carbocycles. The molecule has 6 heteroatoms. The fourth-order valence-corrected chi connectivity index (χ4v) is 4.98. The summed E-state index contributed by atoms with van der Waals surface area (Å²) in [7, 11) is 1.55. The minimum absolute atomic E-state index is 0.0912. The quantitative estimate of drug-likeness (QED) is 0.535. The monoisotopic (exact) mass is 423 g/mol. The van der Waals surface area contributed by atoms with Gasteiger partial charge in [-0.3, -0.25) is 4.79 Å². The number of ketones is 1. The third-order valence-electron chi connectivity index (χ3n) is 4.93. The third-order valence-corrected chi connectivity index (χ3v) is 6.25. The predicted molar refractivity (Wildman–Crippen MR) is 117 cm³/mol. The molecule has 0 saturated carbocycles. The number of benzene rings is 1. The number of fused-ring (bicyclic) bond motifs is 1. The molecule has 0 spiro atoms. The summed E-state index contributed by atoms with van der Waals surface area (Å²) in [6, 6.07) is 9.47. The van der Waals surface area contributed by atoms with Crippen molar-refractivity contribution in [1.29, 1.82) is 0 Å². The summed E-state index contributed by atoms with van der Waals surface area (Å²) in [6.07, 6.45) is 2.24. The Morgan fingerprint density at radius 1 is 1.23 bits per heavy atom. The molecule has 2 aromatic rings. The number of esters is 1. The van der Waals surface area contributed by atoms with E-state index in [9.17, 15) is 9.59 Å². The zero-order valence-electron chi connectivity index (χ0n) is 17.7. The molecule has 0 saturated heterocycles. The van der Waals surface area contributed by atoms with Gasteiger partial charge >= 0.3 is 5.97 Å². The van der Waals surface area contributed by atoms with Crippen molar-refractivity contribution < 1.29 is 19.1 Å². The summed E-state index contributed by atoms with van der Waals surface area (Å²) >= 11 is 1.60. The second-order valence-electron chi connectivity index (χ2n) is 7.71. The lowest BCUT2D eigenvalue weighted by Crippen LogP contribution is -2.34. The van der Waals surface area contributed by atoms with E-state index in [0.717, 1.165) is 16.9 Å². The summed E-state index contributed by atoms with van der Waals surface area (Å²) in [5.41, 5.74) is 2.95. The summed E-state index contributed by atoms with van der Waals surface area (Å²) in [6.45, 7) is 6.56. The predicted octanol–water partition coefficient (Wildman–Crippen LogP) is 4.02. The molecule has 3 rings (SSSR count). The zero-order valence-corrected chi connectivity index (χ0v) is 18.5. The Hall–Kier alpha value is -2.62. The average molecular weight is 424 g/mol. The number of rotatable bonds is 5. The molecule has 1 unspecified atom stereocenters. The fraction of sp³-hybridized carbons (Fsp3) is 0.375. The third kappa shape index (κ3) is 5.10. The van der Waals surface area contributed by atoms with E-state index in [0.29, 0.717) is 17.9 Å². The second-order valence-corrected chi connectivity index (χ2v) is 8.95. The molecule has 0 aliphatic carbocycles. The van der Waals surface area contributed by atoms with Gasteiger partial charge in [0.05, 0.1) is 17.4 Å². The molecular weight excluding hydrogens is 398 g/mol. The molecule has 0 radical (unpaired) electrons. The van der Waals surface area contributed by atoms with Crippen LogP contribution in [0.2, 0.25) is 0 Å². The van der Waals surface area contributed by atoms with E-state index in [1.165, 1.54) is 11.8 Å². The Balaban J connectivity index is 1.79. The minimum atomic E-state index is -0.388. The molecule has 0 N–H and O–H groups in total. The maximum atomic E-state index is 12.3. The van der Waals surface area contributed by atoms with Gasteiger partial charge in [0, 0.05) is 23.8 Å². The Labute approximate surface area is 181 Å². The van der Waals surface area contributed by atoms with Crippen molar-refractivity contribution in [3.8, 4) is 11.8 Å². The highest BCUT2D eigenvalue weighted by Crippen LogP contribution is 2.45. The van der Waals surface area contributed by atoms with Gasteiger partial charge in [0.25, 0.3) is 0 Å². The first-order valence-corrected chi connectivity index (χ1v) is 10.7. The topological polar surface area (TPSA) is 65.5 Å². The molecule has 1 aliphatic rings. The van der Waals surface area contributed by atoms with Crippen LogP contribution in [-0.2, 0) is 19.7 Å². The number of hydrogen-bond donors (Lipinski definition) is 0. The number of carbonyl (C=O) groups is 2. The number of hydrogen-bond acceptors (Lipinski definition) is 6. The maximum Gasteiger partial charge on any atom is 0.339 e. The van der Waals surface area contributed by atoms with Gasteiger partial charge in [0.15, 0.2) is 5.78 Å². The zero-order chi connectivity index (χ0) is 21.7. The van der Waals surface area contributed by atoms with Crippen molar-refractivity contribution in [3.05, 3.63) is 58.9 Å². The van der Waals surface area contributed by atoms with Crippen LogP contribution in [0.3, 0.4) is 0 Å². The molecular formula is C24H25NO4S. The molecule has 1 aromatic heterocycles. The molecule has 1 aliphatic heterocycles. The van der Waals surface area contributed by atoms with E-state index < -0.39 is 0 Å². The van der Waals surface area contributed by atoms with Crippen molar-refractivity contribution in [2.45, 2.75) is 42.8 Å². The van der Waals surface area contributed by atoms with Crippen LogP contribution >= 0.6 is 11.8 Å². The number of aromatic nitrogens is 1. The number of Topliss-reactive ketones (excluding diaryl/α,β-unsaturated/α-hetero) is 1. The number of carbonyl (C=O) groups excluding carboxylic acids is 2. The van der Waals surface area contributed by atoms with Crippen molar-refractivity contribution in [2.75, 3.05) is 20.3 Å². The second kappa shape index (κ2) is 9.46. The van der Waals surface area contributed by atoms with Gasteiger partial charge in [-0.25, -0.2) is 9.78 Å². The highest BCUT2D eigenvalue weighted by molar-refractivity contribution is 8.00. The Morgan fingerprint density at radius 3 is 2.70 bits per heavy atom. The van der Waals surface area contributed by atoms with E-state index in [4.69, 9.17) is 9.47 Å². The van der Waals surface area contributed by atoms with Crippen molar-refractivity contribution >= 4 is 23.5 Å². The largest absolute Gasteiger partial charge is 0.462 e. The van der Waals surface area contributed by atoms with Crippen LogP contribution in [0.15, 0.2) is 41.4 Å². The Bertz CT molecular complexity index is 1000. The van der Waals surface area contributed by atoms with Gasteiger partial charge in [-0.1, -0.05) is 19.8 Å². The number of ether oxygens (including phenoxy) is 2. The van der Waals surface area contributed by atoms with Gasteiger partial charge in [0.1, 0.15) is 12.3 Å². The first-order chi connectivity index (χ1) is 14.3. The first-order valence-electron chi connectivity index (χ1n) is 9.82. The standard InChI is InChI=1S/C24H25NO4S/c1-5-29-23(27)17-8-10-18(25-14-17)9-6-16-7-11-21-19(12-16)24(2,3)13-22(30-21)20(26)15-28-4/h7-8,10-12,14,22H,5,13,15H2,1-4H3. The summed E-state index contributed by atoms with van der Waals surface area (Å²) in [5.74, 6) is 5.94. The van der Waals surface area contributed by atoms with Crippen LogP contribution < -0.4 is 0 Å². The highest BCUT2D eigenvalue weighted by atomic mass is 32.2. The molecule has 1 atom stereocenters. The number of pyridine rings is 1. The summed E-state index contributed by atoms with van der Waals surface area (Å²) in [4.78, 5) is 29.4. The molecule has 156 valence electrons. The molecule has 2 heterocycles. The summed E-state index contributed by atoms with van der Waals surface area (Å²) < 4.78 is 9.99. The first kappa shape index (κ1) is 22.1. The highest BCUT2D eigenvalue weighted by Gasteiger charge is 2.36. The van der Waals surface area contributed by atoms with E-state index in [2.05, 4.69) is 36.7 Å². The van der Waals surface area contributed by atoms with Gasteiger partial charge in [0.2, 0.25) is 0 Å². The van der Waals surface area contributed by atoms with Crippen molar-refractivity contribution in [3.63, 3.8) is 0 Å². The van der Waals surface area contributed by atoms with Crippen LogP contribution in [0, 0.1) is 11.8 Å². The number of methoxy groups -OCH3 is 1. The lowest BCUT2D eigenvalue weighted by molar-refractivity contribution is -0.122. The van der Waals surface area contributed by atoms with E-state index in [1.54, 1.807) is 37.9 Å². The molecule has 0 fully saturated rings. The fourth-order valence-electron chi connectivity index (χ4n) is 3.36. The normalized spacial score (nSPS) is 16.7. The molecule has 5 nitrogen and oxygen atoms in total. The van der Waals surface area contributed by atoms with Crippen LogP contribution in [0.5, 0.6) is 0 Å². The molecule has 0 bridgehead atoms. The van der Waals surface area contributed by atoms with E-state index in [-0.39, 0.29) is 29.0 Å². The summed E-state index contributed by atoms with van der Waals surface area (Å²) in [5, 5.41) is -0.0912. The van der Waals surface area contributed by atoms with Gasteiger partial charge < -0.3 is 9.47 Å². The van der Waals surface area contributed by atoms with Crippen LogP contribution in [0.1, 0.15) is 54.4 Å². The van der Waals surface area contributed by atoms with Crippen molar-refractivity contribution in [2.24, 2.45) is 0 Å². The number of nitrogens with zero attached hydrogens (tertiary/aromatic N) is 1. The van der Waals surface area contributed by atoms with Crippen LogP contribution in [0.25, 0.3) is 0 Å². The van der Waals surface area contributed by atoms with E-state index >= 15 is 0 Å². The minimum Gasteiger partial charge on any atom is -0.462 e. The lowest BCUT2D eigenvalue weighted by atomic mass is 9.78. The molecule has 0 amide bonds. The van der Waals surface area contributed by atoms with Gasteiger partial charge in [-0.15, -0.1) is 11.8 Å². The van der Waals surface area contributed by atoms with Crippen LogP contribution in [-0.4, -0.2) is 42.3 Å². The van der Waals surface area contributed by atoms with Gasteiger partial charge in [-0.2, -0.15) is 0 Å². The molecule has 30 heavy (non-hydrogen) atoms. The Kier molecular flexibility index (Phi) is 6.96. The van der Waals surface area contributed by atoms with E-state index in [1.807, 2.05) is 12.1 Å². The smallest absolute Gasteiger partial charge is 0.339 e.